The lowest BCUT2D eigenvalue weighted by Gasteiger charge is -2.36. The Hall–Kier alpha value is -2.94. The van der Waals surface area contributed by atoms with Crippen LogP contribution in [0.15, 0.2) is 30.3 Å². The van der Waals surface area contributed by atoms with Crippen LogP contribution in [0.1, 0.15) is 32.4 Å². The summed E-state index contributed by atoms with van der Waals surface area (Å²) in [6.45, 7) is 3.51. The van der Waals surface area contributed by atoms with Crippen molar-refractivity contribution in [3.05, 3.63) is 35.9 Å². The summed E-state index contributed by atoms with van der Waals surface area (Å²) in [6, 6.07) is 8.91. The Balaban J connectivity index is 1.98. The van der Waals surface area contributed by atoms with Crippen molar-refractivity contribution >= 4 is 23.9 Å². The molecule has 0 aromatic heterocycles. The molecule has 0 radical (unpaired) electrons. The number of carbonyl (C=O) groups is 4. The van der Waals surface area contributed by atoms with E-state index in [1.54, 1.807) is 24.3 Å². The lowest BCUT2D eigenvalue weighted by atomic mass is 9.94. The molecule has 9 nitrogen and oxygen atoms in total. The van der Waals surface area contributed by atoms with Crippen molar-refractivity contribution < 1.29 is 42.9 Å². The molecule has 0 saturated carbocycles. The fourth-order valence-electron chi connectivity index (χ4n) is 3.44. The first kappa shape index (κ1) is 19.8. The molecule has 150 valence electrons. The lowest BCUT2D eigenvalue weighted by molar-refractivity contribution is -0.217. The standard InChI is InChI=1S/C19H20O9/c1-9(20)24-14-13(12-7-5-4-6-8-12)27-15-16(14)28-19(23)18(26-11(3)22)17(15)25-10(2)21/h4-8,13-18H,1-3H3/t13-,14-,15-,16+,17+,18+/m1/s1. The lowest BCUT2D eigenvalue weighted by Crippen LogP contribution is -2.59. The first-order valence-corrected chi connectivity index (χ1v) is 8.70. The summed E-state index contributed by atoms with van der Waals surface area (Å²) in [6.07, 6.45) is -6.44. The van der Waals surface area contributed by atoms with Crippen molar-refractivity contribution in [1.82, 2.24) is 0 Å². The van der Waals surface area contributed by atoms with Crippen LogP contribution in [0.4, 0.5) is 0 Å². The number of fused-ring (bicyclic) bond motifs is 1. The van der Waals surface area contributed by atoms with Crippen molar-refractivity contribution in [2.45, 2.75) is 57.4 Å². The largest absolute Gasteiger partial charge is 0.455 e. The highest BCUT2D eigenvalue weighted by Gasteiger charge is 2.60. The van der Waals surface area contributed by atoms with Gasteiger partial charge in [0.2, 0.25) is 6.10 Å². The summed E-state index contributed by atoms with van der Waals surface area (Å²) < 4.78 is 27.0. The van der Waals surface area contributed by atoms with Gasteiger partial charge in [-0.15, -0.1) is 0 Å². The maximum absolute atomic E-state index is 12.5. The topological polar surface area (TPSA) is 114 Å². The van der Waals surface area contributed by atoms with Crippen LogP contribution in [0.2, 0.25) is 0 Å². The van der Waals surface area contributed by atoms with Gasteiger partial charge in [-0.1, -0.05) is 30.3 Å². The van der Waals surface area contributed by atoms with E-state index in [1.807, 2.05) is 6.07 Å². The molecule has 2 fully saturated rings. The second kappa shape index (κ2) is 7.97. The summed E-state index contributed by atoms with van der Waals surface area (Å²) in [5, 5.41) is 0. The Morgan fingerprint density at radius 2 is 1.39 bits per heavy atom. The van der Waals surface area contributed by atoms with Gasteiger partial charge in [0.15, 0.2) is 18.3 Å². The van der Waals surface area contributed by atoms with Gasteiger partial charge < -0.3 is 23.7 Å². The SMILES string of the molecule is CC(=O)O[C@H]1[C@@H]2O[C@H](c3ccccc3)[C@@H](OC(C)=O)[C@@H]2OC(=O)[C@H]1OC(C)=O. The van der Waals surface area contributed by atoms with Crippen molar-refractivity contribution in [1.29, 1.82) is 0 Å². The van der Waals surface area contributed by atoms with Gasteiger partial charge in [-0.05, 0) is 5.56 Å². The quantitative estimate of drug-likeness (QED) is 0.543. The number of hydrogen-bond donors (Lipinski definition) is 0. The zero-order chi connectivity index (χ0) is 20.4. The Bertz CT molecular complexity index is 775. The molecule has 3 rings (SSSR count). The Morgan fingerprint density at radius 3 is 1.96 bits per heavy atom. The van der Waals surface area contributed by atoms with Crippen LogP contribution in [0.3, 0.4) is 0 Å². The fourth-order valence-corrected chi connectivity index (χ4v) is 3.44. The number of rotatable bonds is 4. The third-order valence-electron chi connectivity index (χ3n) is 4.38. The molecule has 0 amide bonds. The first-order chi connectivity index (χ1) is 13.3. The van der Waals surface area contributed by atoms with Gasteiger partial charge in [-0.3, -0.25) is 14.4 Å². The summed E-state index contributed by atoms with van der Waals surface area (Å²) >= 11 is 0. The van der Waals surface area contributed by atoms with E-state index in [1.165, 1.54) is 6.92 Å². The van der Waals surface area contributed by atoms with Gasteiger partial charge in [0.1, 0.15) is 12.2 Å². The third-order valence-corrected chi connectivity index (χ3v) is 4.38. The van der Waals surface area contributed by atoms with Crippen LogP contribution >= 0.6 is 0 Å². The average Bonchev–Trinajstić information content (AvgIpc) is 2.96. The van der Waals surface area contributed by atoms with Crippen molar-refractivity contribution in [2.75, 3.05) is 0 Å². The number of esters is 4. The molecule has 9 heteroatoms. The van der Waals surface area contributed by atoms with E-state index in [4.69, 9.17) is 23.7 Å². The van der Waals surface area contributed by atoms with Crippen molar-refractivity contribution in [3.63, 3.8) is 0 Å². The number of hydrogen-bond acceptors (Lipinski definition) is 9. The average molecular weight is 392 g/mol. The molecule has 6 atom stereocenters. The predicted octanol–water partition coefficient (Wildman–Crippen LogP) is 0.847. The van der Waals surface area contributed by atoms with E-state index in [0.29, 0.717) is 5.56 Å². The summed E-state index contributed by atoms with van der Waals surface area (Å²) in [5.74, 6) is -2.92. The van der Waals surface area contributed by atoms with E-state index in [-0.39, 0.29) is 0 Å². The van der Waals surface area contributed by atoms with Crippen LogP contribution in [0.25, 0.3) is 0 Å². The van der Waals surface area contributed by atoms with E-state index in [9.17, 15) is 19.2 Å². The molecule has 2 saturated heterocycles. The van der Waals surface area contributed by atoms with Crippen LogP contribution < -0.4 is 0 Å². The van der Waals surface area contributed by atoms with E-state index in [0.717, 1.165) is 13.8 Å². The van der Waals surface area contributed by atoms with Crippen LogP contribution in [0.5, 0.6) is 0 Å². The number of ether oxygens (including phenoxy) is 5. The molecular weight excluding hydrogens is 372 g/mol. The molecule has 2 heterocycles. The second-order valence-electron chi connectivity index (χ2n) is 6.51. The Labute approximate surface area is 160 Å². The minimum atomic E-state index is -1.48. The molecule has 0 N–H and O–H groups in total. The van der Waals surface area contributed by atoms with Gasteiger partial charge >= 0.3 is 23.9 Å². The molecule has 2 aliphatic heterocycles. The molecule has 0 spiro atoms. The minimum Gasteiger partial charge on any atom is -0.455 e. The van der Waals surface area contributed by atoms with E-state index in [2.05, 4.69) is 0 Å². The second-order valence-corrected chi connectivity index (χ2v) is 6.51. The summed E-state index contributed by atoms with van der Waals surface area (Å²) in [5.41, 5.74) is 0.685. The van der Waals surface area contributed by atoms with Crippen LogP contribution in [0, 0.1) is 0 Å². The van der Waals surface area contributed by atoms with Gasteiger partial charge in [0.25, 0.3) is 0 Å². The maximum atomic E-state index is 12.5. The zero-order valence-corrected chi connectivity index (χ0v) is 15.5. The summed E-state index contributed by atoms with van der Waals surface area (Å²) in [7, 11) is 0. The maximum Gasteiger partial charge on any atom is 0.352 e. The van der Waals surface area contributed by atoms with Gasteiger partial charge in [-0.2, -0.15) is 0 Å². The summed E-state index contributed by atoms with van der Waals surface area (Å²) in [4.78, 5) is 47.1. The highest BCUT2D eigenvalue weighted by Crippen LogP contribution is 2.42. The zero-order valence-electron chi connectivity index (χ0n) is 15.5. The third kappa shape index (κ3) is 3.99. The van der Waals surface area contributed by atoms with Crippen LogP contribution in [-0.2, 0) is 42.9 Å². The smallest absolute Gasteiger partial charge is 0.352 e. The molecule has 28 heavy (non-hydrogen) atoms. The van der Waals surface area contributed by atoms with Crippen LogP contribution in [-0.4, -0.2) is 54.4 Å². The van der Waals surface area contributed by atoms with Crippen molar-refractivity contribution in [2.24, 2.45) is 0 Å². The molecule has 1 aromatic carbocycles. The fraction of sp³-hybridized carbons (Fsp3) is 0.474. The molecule has 0 bridgehead atoms. The molecule has 0 unspecified atom stereocenters. The van der Waals surface area contributed by atoms with Gasteiger partial charge in [-0.25, -0.2) is 4.79 Å². The van der Waals surface area contributed by atoms with Gasteiger partial charge in [0, 0.05) is 20.8 Å². The van der Waals surface area contributed by atoms with E-state index < -0.39 is 60.5 Å². The van der Waals surface area contributed by atoms with E-state index >= 15 is 0 Å². The monoisotopic (exact) mass is 392 g/mol. The molecular formula is C19H20O9. The normalized spacial score (nSPS) is 31.3. The number of benzene rings is 1. The highest BCUT2D eigenvalue weighted by molar-refractivity contribution is 5.81. The number of carbonyl (C=O) groups excluding carboxylic acids is 4. The van der Waals surface area contributed by atoms with Crippen molar-refractivity contribution in [3.8, 4) is 0 Å². The Morgan fingerprint density at radius 1 is 0.821 bits per heavy atom. The predicted molar refractivity (Wildman–Crippen MR) is 90.6 cm³/mol. The molecule has 1 aromatic rings. The highest BCUT2D eigenvalue weighted by atomic mass is 16.7. The van der Waals surface area contributed by atoms with Gasteiger partial charge in [0.05, 0.1) is 0 Å². The first-order valence-electron chi connectivity index (χ1n) is 8.70. The Kier molecular flexibility index (Phi) is 5.64. The minimum absolute atomic E-state index is 0.586. The molecule has 0 aliphatic carbocycles. The molecule has 2 aliphatic rings.